The summed E-state index contributed by atoms with van der Waals surface area (Å²) in [6, 6.07) is 1.93. The monoisotopic (exact) mass is 347 g/mol. The highest BCUT2D eigenvalue weighted by Crippen LogP contribution is 2.10. The molecule has 0 aromatic carbocycles. The molecule has 8 nitrogen and oxygen atoms in total. The topological polar surface area (TPSA) is 93.2 Å². The van der Waals surface area contributed by atoms with Crippen LogP contribution < -0.4 is 10.6 Å². The van der Waals surface area contributed by atoms with Crippen LogP contribution in [0.15, 0.2) is 28.0 Å². The Morgan fingerprint density at radius 1 is 1.32 bits per heavy atom. The van der Waals surface area contributed by atoms with E-state index in [1.807, 2.05) is 16.9 Å². The molecule has 138 valence electrons. The molecule has 0 saturated heterocycles. The molecule has 0 atom stereocenters. The first-order chi connectivity index (χ1) is 12.2. The molecular weight excluding hydrogens is 318 g/mol. The van der Waals surface area contributed by atoms with Gasteiger partial charge in [0.1, 0.15) is 0 Å². The highest BCUT2D eigenvalue weighted by atomic mass is 16.5. The van der Waals surface area contributed by atoms with Crippen molar-refractivity contribution in [2.75, 3.05) is 19.6 Å². The molecule has 2 N–H and O–H groups in total. The molecule has 8 heteroatoms. The predicted octanol–water partition coefficient (Wildman–Crippen LogP) is 1.97. The van der Waals surface area contributed by atoms with Gasteiger partial charge in [-0.1, -0.05) is 19.0 Å². The SMILES string of the molecule is CCNC(=NCCCn1cccn1)NCCCc1nc(C(C)C)no1. The van der Waals surface area contributed by atoms with Crippen LogP contribution in [0, 0.1) is 0 Å². The summed E-state index contributed by atoms with van der Waals surface area (Å²) in [7, 11) is 0. The number of nitrogens with zero attached hydrogens (tertiary/aromatic N) is 5. The summed E-state index contributed by atoms with van der Waals surface area (Å²) in [6.07, 6.45) is 6.40. The molecule has 0 aliphatic heterocycles. The number of guanidine groups is 1. The van der Waals surface area contributed by atoms with E-state index in [-0.39, 0.29) is 0 Å². The molecule has 0 fully saturated rings. The van der Waals surface area contributed by atoms with E-state index in [0.29, 0.717) is 11.8 Å². The van der Waals surface area contributed by atoms with E-state index in [1.165, 1.54) is 0 Å². The third-order valence-electron chi connectivity index (χ3n) is 3.58. The molecular formula is C17H29N7O. The highest BCUT2D eigenvalue weighted by molar-refractivity contribution is 5.79. The molecule has 0 aliphatic carbocycles. The van der Waals surface area contributed by atoms with Crippen LogP contribution in [0.5, 0.6) is 0 Å². The van der Waals surface area contributed by atoms with Crippen molar-refractivity contribution >= 4 is 5.96 Å². The maximum absolute atomic E-state index is 5.25. The van der Waals surface area contributed by atoms with Gasteiger partial charge >= 0.3 is 0 Å². The van der Waals surface area contributed by atoms with Gasteiger partial charge in [0.15, 0.2) is 11.8 Å². The van der Waals surface area contributed by atoms with Gasteiger partial charge in [0, 0.05) is 50.9 Å². The molecule has 2 aromatic heterocycles. The molecule has 0 amide bonds. The first kappa shape index (κ1) is 19.0. The first-order valence-corrected chi connectivity index (χ1v) is 9.01. The highest BCUT2D eigenvalue weighted by Gasteiger charge is 2.09. The Morgan fingerprint density at radius 3 is 2.88 bits per heavy atom. The van der Waals surface area contributed by atoms with Crippen molar-refractivity contribution < 1.29 is 4.52 Å². The summed E-state index contributed by atoms with van der Waals surface area (Å²) < 4.78 is 7.17. The van der Waals surface area contributed by atoms with Crippen LogP contribution in [0.2, 0.25) is 0 Å². The lowest BCUT2D eigenvalue weighted by Gasteiger charge is -2.10. The van der Waals surface area contributed by atoms with Crippen LogP contribution in [-0.2, 0) is 13.0 Å². The van der Waals surface area contributed by atoms with Gasteiger partial charge in [-0.15, -0.1) is 0 Å². The van der Waals surface area contributed by atoms with Crippen molar-refractivity contribution in [2.24, 2.45) is 4.99 Å². The zero-order chi connectivity index (χ0) is 17.9. The molecule has 2 heterocycles. The first-order valence-electron chi connectivity index (χ1n) is 9.01. The number of aryl methyl sites for hydroxylation is 2. The Labute approximate surface area is 149 Å². The van der Waals surface area contributed by atoms with Gasteiger partial charge in [0.25, 0.3) is 0 Å². The van der Waals surface area contributed by atoms with Crippen LogP contribution in [0.4, 0.5) is 0 Å². The number of hydrogen-bond acceptors (Lipinski definition) is 5. The zero-order valence-electron chi connectivity index (χ0n) is 15.4. The minimum atomic E-state index is 0.296. The molecule has 0 bridgehead atoms. The number of aromatic nitrogens is 4. The van der Waals surface area contributed by atoms with E-state index in [9.17, 15) is 0 Å². The molecule has 0 spiro atoms. The second-order valence-electron chi connectivity index (χ2n) is 6.11. The second-order valence-corrected chi connectivity index (χ2v) is 6.11. The minimum absolute atomic E-state index is 0.296. The Kier molecular flexibility index (Phi) is 7.94. The average molecular weight is 347 g/mol. The van der Waals surface area contributed by atoms with Crippen LogP contribution in [0.1, 0.15) is 51.2 Å². The fourth-order valence-corrected chi connectivity index (χ4v) is 2.25. The molecule has 25 heavy (non-hydrogen) atoms. The van der Waals surface area contributed by atoms with E-state index >= 15 is 0 Å². The summed E-state index contributed by atoms with van der Waals surface area (Å²) in [5, 5.41) is 14.8. The standard InChI is InChI=1S/C17H29N7O/c1-4-18-17(20-10-6-12-24-13-7-11-21-24)19-9-5-8-15-22-16(14(2)3)23-25-15/h7,11,13-14H,4-6,8-10,12H2,1-3H3,(H2,18,19,20). The van der Waals surface area contributed by atoms with E-state index in [1.54, 1.807) is 6.20 Å². The summed E-state index contributed by atoms with van der Waals surface area (Å²) in [5.41, 5.74) is 0. The normalized spacial score (nSPS) is 11.9. The van der Waals surface area contributed by atoms with E-state index in [4.69, 9.17) is 4.52 Å². The Hall–Kier alpha value is -2.38. The Balaban J connectivity index is 1.66. The molecule has 0 aliphatic rings. The summed E-state index contributed by atoms with van der Waals surface area (Å²) >= 11 is 0. The Bertz CT molecular complexity index is 619. The fraction of sp³-hybridized carbons (Fsp3) is 0.647. The third-order valence-corrected chi connectivity index (χ3v) is 3.58. The maximum atomic E-state index is 5.25. The lowest BCUT2D eigenvalue weighted by molar-refractivity contribution is 0.368. The van der Waals surface area contributed by atoms with E-state index < -0.39 is 0 Å². The van der Waals surface area contributed by atoms with Crippen molar-refractivity contribution in [1.82, 2.24) is 30.6 Å². The summed E-state index contributed by atoms with van der Waals surface area (Å²) in [4.78, 5) is 8.97. The molecule has 0 saturated carbocycles. The zero-order valence-corrected chi connectivity index (χ0v) is 15.4. The minimum Gasteiger partial charge on any atom is -0.357 e. The van der Waals surface area contributed by atoms with Gasteiger partial charge < -0.3 is 15.2 Å². The quantitative estimate of drug-likeness (QED) is 0.388. The van der Waals surface area contributed by atoms with Crippen molar-refractivity contribution in [3.8, 4) is 0 Å². The van der Waals surface area contributed by atoms with Crippen LogP contribution in [0.3, 0.4) is 0 Å². The third kappa shape index (κ3) is 6.94. The van der Waals surface area contributed by atoms with Crippen molar-refractivity contribution in [2.45, 2.75) is 52.5 Å². The Morgan fingerprint density at radius 2 is 2.20 bits per heavy atom. The van der Waals surface area contributed by atoms with Crippen molar-refractivity contribution in [3.63, 3.8) is 0 Å². The number of aliphatic imine (C=N–C) groups is 1. The van der Waals surface area contributed by atoms with Gasteiger partial charge in [-0.3, -0.25) is 9.67 Å². The van der Waals surface area contributed by atoms with Crippen LogP contribution >= 0.6 is 0 Å². The van der Waals surface area contributed by atoms with Crippen LogP contribution in [-0.4, -0.2) is 45.5 Å². The number of rotatable bonds is 10. The van der Waals surface area contributed by atoms with Crippen molar-refractivity contribution in [3.05, 3.63) is 30.2 Å². The lowest BCUT2D eigenvalue weighted by Crippen LogP contribution is -2.38. The molecule has 2 aromatic rings. The smallest absolute Gasteiger partial charge is 0.226 e. The number of nitrogens with one attached hydrogen (secondary N) is 2. The van der Waals surface area contributed by atoms with Gasteiger partial charge in [-0.05, 0) is 25.8 Å². The lowest BCUT2D eigenvalue weighted by atomic mass is 10.2. The van der Waals surface area contributed by atoms with Gasteiger partial charge in [0.2, 0.25) is 5.89 Å². The molecule has 0 unspecified atom stereocenters. The summed E-state index contributed by atoms with van der Waals surface area (Å²) in [6.45, 7) is 9.47. The van der Waals surface area contributed by atoms with Crippen molar-refractivity contribution in [1.29, 1.82) is 0 Å². The van der Waals surface area contributed by atoms with Gasteiger partial charge in [-0.2, -0.15) is 10.1 Å². The van der Waals surface area contributed by atoms with E-state index in [0.717, 1.165) is 57.2 Å². The van der Waals surface area contributed by atoms with E-state index in [2.05, 4.69) is 51.6 Å². The average Bonchev–Trinajstić information content (AvgIpc) is 3.27. The molecule has 0 radical (unpaired) electrons. The predicted molar refractivity (Wildman–Crippen MR) is 97.5 cm³/mol. The summed E-state index contributed by atoms with van der Waals surface area (Å²) in [5.74, 6) is 2.61. The fourth-order valence-electron chi connectivity index (χ4n) is 2.25. The van der Waals surface area contributed by atoms with Gasteiger partial charge in [-0.25, -0.2) is 0 Å². The maximum Gasteiger partial charge on any atom is 0.226 e. The van der Waals surface area contributed by atoms with Crippen LogP contribution in [0.25, 0.3) is 0 Å². The number of hydrogen-bond donors (Lipinski definition) is 2. The largest absolute Gasteiger partial charge is 0.357 e. The molecule has 2 rings (SSSR count). The van der Waals surface area contributed by atoms with Gasteiger partial charge in [0.05, 0.1) is 0 Å². The second kappa shape index (κ2) is 10.5.